The van der Waals surface area contributed by atoms with E-state index in [1.807, 2.05) is 0 Å². The van der Waals surface area contributed by atoms with Crippen molar-refractivity contribution >= 4 is 0 Å². The van der Waals surface area contributed by atoms with E-state index >= 15 is 0 Å². The molecule has 0 bridgehead atoms. The average molecular weight is 120 g/mol. The average Bonchev–Trinajstić information content (AvgIpc) is 1.79. The standard InChI is InChI=1S/C9H12/c1-9-7-5-3-2-4-6-8-9/h5-8H,1-4H2/b7-5-,8-6-. The minimum Gasteiger partial charge on any atom is -0.0918 e. The van der Waals surface area contributed by atoms with E-state index < -0.39 is 0 Å². The van der Waals surface area contributed by atoms with E-state index in [2.05, 4.69) is 30.9 Å². The lowest BCUT2D eigenvalue weighted by atomic mass is 10.1. The summed E-state index contributed by atoms with van der Waals surface area (Å²) in [6.07, 6.45) is 12.2. The molecule has 0 spiro atoms. The Morgan fingerprint density at radius 3 is 2.22 bits per heavy atom. The first kappa shape index (κ1) is 6.34. The molecule has 0 amide bonds. The van der Waals surface area contributed by atoms with Crippen LogP contribution in [0.5, 0.6) is 0 Å². The van der Waals surface area contributed by atoms with E-state index in [4.69, 9.17) is 0 Å². The molecule has 1 rings (SSSR count). The van der Waals surface area contributed by atoms with E-state index in [0.29, 0.717) is 0 Å². The van der Waals surface area contributed by atoms with E-state index in [0.717, 1.165) is 5.57 Å². The zero-order valence-corrected chi connectivity index (χ0v) is 5.64. The van der Waals surface area contributed by atoms with E-state index in [1.165, 1.54) is 19.3 Å². The summed E-state index contributed by atoms with van der Waals surface area (Å²) in [5.41, 5.74) is 1.12. The molecule has 0 aromatic rings. The molecule has 0 unspecified atom stereocenters. The molecule has 0 radical (unpaired) electrons. The van der Waals surface area contributed by atoms with E-state index in [9.17, 15) is 0 Å². The molecule has 0 aromatic heterocycles. The summed E-state index contributed by atoms with van der Waals surface area (Å²) in [5, 5.41) is 0. The summed E-state index contributed by atoms with van der Waals surface area (Å²) >= 11 is 0. The van der Waals surface area contributed by atoms with Crippen molar-refractivity contribution in [3.63, 3.8) is 0 Å². The molecule has 0 aromatic carbocycles. The Hall–Kier alpha value is -0.780. The van der Waals surface area contributed by atoms with Crippen LogP contribution in [-0.2, 0) is 0 Å². The smallest absolute Gasteiger partial charge is 0.0335 e. The van der Waals surface area contributed by atoms with Crippen LogP contribution in [0.15, 0.2) is 36.5 Å². The fourth-order valence-corrected chi connectivity index (χ4v) is 0.879. The molecular weight excluding hydrogens is 108 g/mol. The van der Waals surface area contributed by atoms with Crippen molar-refractivity contribution in [2.24, 2.45) is 0 Å². The van der Waals surface area contributed by atoms with Gasteiger partial charge in [0, 0.05) is 0 Å². The maximum Gasteiger partial charge on any atom is -0.0335 e. The molecule has 0 fully saturated rings. The number of rotatable bonds is 0. The summed E-state index contributed by atoms with van der Waals surface area (Å²) in [4.78, 5) is 0. The molecular formula is C9H12. The summed E-state index contributed by atoms with van der Waals surface area (Å²) < 4.78 is 0. The van der Waals surface area contributed by atoms with Gasteiger partial charge in [0.15, 0.2) is 0 Å². The van der Waals surface area contributed by atoms with Crippen molar-refractivity contribution in [3.8, 4) is 0 Å². The fraction of sp³-hybridized carbons (Fsp3) is 0.333. The minimum atomic E-state index is 1.12. The molecule has 0 atom stereocenters. The SMILES string of the molecule is C=C1/C=C\CCC/C=C\1. The van der Waals surface area contributed by atoms with Crippen LogP contribution in [0.2, 0.25) is 0 Å². The van der Waals surface area contributed by atoms with Gasteiger partial charge in [-0.25, -0.2) is 0 Å². The van der Waals surface area contributed by atoms with Crippen molar-refractivity contribution < 1.29 is 0 Å². The summed E-state index contributed by atoms with van der Waals surface area (Å²) in [6, 6.07) is 0. The molecule has 0 saturated carbocycles. The molecule has 1 aliphatic rings. The van der Waals surface area contributed by atoms with Crippen molar-refractivity contribution in [3.05, 3.63) is 36.5 Å². The highest BCUT2D eigenvalue weighted by Gasteiger charge is 1.86. The third-order valence-electron chi connectivity index (χ3n) is 1.41. The normalized spacial score (nSPS) is 26.4. The Bertz CT molecular complexity index is 133. The van der Waals surface area contributed by atoms with Gasteiger partial charge in [-0.3, -0.25) is 0 Å². The predicted molar refractivity (Wildman–Crippen MR) is 41.3 cm³/mol. The van der Waals surface area contributed by atoms with E-state index in [-0.39, 0.29) is 0 Å². The van der Waals surface area contributed by atoms with Gasteiger partial charge in [-0.05, 0) is 24.8 Å². The molecule has 48 valence electrons. The van der Waals surface area contributed by atoms with Crippen molar-refractivity contribution in [2.75, 3.05) is 0 Å². The zero-order chi connectivity index (χ0) is 6.53. The van der Waals surface area contributed by atoms with Gasteiger partial charge in [-0.1, -0.05) is 30.9 Å². The topological polar surface area (TPSA) is 0 Å². The van der Waals surface area contributed by atoms with Crippen LogP contribution in [-0.4, -0.2) is 0 Å². The monoisotopic (exact) mass is 120 g/mol. The van der Waals surface area contributed by atoms with Crippen LogP contribution < -0.4 is 0 Å². The van der Waals surface area contributed by atoms with E-state index in [1.54, 1.807) is 0 Å². The molecule has 0 saturated heterocycles. The third-order valence-corrected chi connectivity index (χ3v) is 1.41. The zero-order valence-electron chi connectivity index (χ0n) is 5.64. The second-order valence-electron chi connectivity index (χ2n) is 2.31. The molecule has 0 nitrogen and oxygen atoms in total. The second-order valence-corrected chi connectivity index (χ2v) is 2.31. The first-order chi connectivity index (χ1) is 4.39. The van der Waals surface area contributed by atoms with Crippen molar-refractivity contribution in [2.45, 2.75) is 19.3 Å². The molecule has 0 heterocycles. The van der Waals surface area contributed by atoms with Gasteiger partial charge < -0.3 is 0 Å². The summed E-state index contributed by atoms with van der Waals surface area (Å²) in [7, 11) is 0. The Labute approximate surface area is 56.6 Å². The fourth-order valence-electron chi connectivity index (χ4n) is 0.879. The maximum absolute atomic E-state index is 3.84. The van der Waals surface area contributed by atoms with Crippen LogP contribution in [0.3, 0.4) is 0 Å². The molecule has 0 aliphatic heterocycles. The first-order valence-corrected chi connectivity index (χ1v) is 3.41. The highest BCUT2D eigenvalue weighted by atomic mass is 13.9. The summed E-state index contributed by atoms with van der Waals surface area (Å²) in [6.45, 7) is 3.84. The predicted octanol–water partition coefficient (Wildman–Crippen LogP) is 2.84. The molecule has 1 aliphatic carbocycles. The minimum absolute atomic E-state index is 1.12. The van der Waals surface area contributed by atoms with Crippen LogP contribution >= 0.6 is 0 Å². The molecule has 9 heavy (non-hydrogen) atoms. The van der Waals surface area contributed by atoms with Crippen LogP contribution in [0.25, 0.3) is 0 Å². The Balaban J connectivity index is 2.55. The first-order valence-electron chi connectivity index (χ1n) is 3.41. The van der Waals surface area contributed by atoms with Gasteiger partial charge in [-0.2, -0.15) is 0 Å². The van der Waals surface area contributed by atoms with Crippen LogP contribution in [0, 0.1) is 0 Å². The highest BCUT2D eigenvalue weighted by molar-refractivity contribution is 5.27. The maximum atomic E-state index is 3.84. The lowest BCUT2D eigenvalue weighted by Gasteiger charge is -1.95. The van der Waals surface area contributed by atoms with Crippen LogP contribution in [0.4, 0.5) is 0 Å². The number of allylic oxidation sites excluding steroid dienone is 5. The molecule has 0 heteroatoms. The van der Waals surface area contributed by atoms with Gasteiger partial charge in [-0.15, -0.1) is 0 Å². The lowest BCUT2D eigenvalue weighted by Crippen LogP contribution is -1.75. The number of hydrogen-bond donors (Lipinski definition) is 0. The number of hydrogen-bond acceptors (Lipinski definition) is 0. The van der Waals surface area contributed by atoms with Crippen molar-refractivity contribution in [1.29, 1.82) is 0 Å². The highest BCUT2D eigenvalue weighted by Crippen LogP contribution is 2.06. The van der Waals surface area contributed by atoms with Crippen molar-refractivity contribution in [1.82, 2.24) is 0 Å². The Morgan fingerprint density at radius 1 is 1.11 bits per heavy atom. The quantitative estimate of drug-likeness (QED) is 0.461. The van der Waals surface area contributed by atoms with Gasteiger partial charge in [0.1, 0.15) is 0 Å². The third kappa shape index (κ3) is 2.31. The largest absolute Gasteiger partial charge is 0.0918 e. The molecule has 0 N–H and O–H groups in total. The van der Waals surface area contributed by atoms with Crippen LogP contribution in [0.1, 0.15) is 19.3 Å². The van der Waals surface area contributed by atoms with Gasteiger partial charge >= 0.3 is 0 Å². The summed E-state index contributed by atoms with van der Waals surface area (Å²) in [5.74, 6) is 0. The lowest BCUT2D eigenvalue weighted by molar-refractivity contribution is 0.864. The Kier molecular flexibility index (Phi) is 2.32. The second kappa shape index (κ2) is 3.29. The van der Waals surface area contributed by atoms with Gasteiger partial charge in [0.05, 0.1) is 0 Å². The Morgan fingerprint density at radius 2 is 1.67 bits per heavy atom. The van der Waals surface area contributed by atoms with Gasteiger partial charge in [0.2, 0.25) is 0 Å². The van der Waals surface area contributed by atoms with Gasteiger partial charge in [0.25, 0.3) is 0 Å².